The van der Waals surface area contributed by atoms with Gasteiger partial charge >= 0.3 is 0 Å². The van der Waals surface area contributed by atoms with Gasteiger partial charge in [-0.15, -0.1) is 11.3 Å². The Morgan fingerprint density at radius 3 is 2.89 bits per heavy atom. The van der Waals surface area contributed by atoms with Crippen LogP contribution >= 0.6 is 11.3 Å². The Morgan fingerprint density at radius 1 is 1.53 bits per heavy atom. The summed E-state index contributed by atoms with van der Waals surface area (Å²) < 4.78 is 0. The van der Waals surface area contributed by atoms with E-state index in [0.29, 0.717) is 24.8 Å². The average molecular weight is 280 g/mol. The van der Waals surface area contributed by atoms with E-state index >= 15 is 0 Å². The third-order valence-corrected chi connectivity index (χ3v) is 4.96. The molecule has 0 spiro atoms. The molecule has 2 N–H and O–H groups in total. The number of thiophene rings is 1. The molecule has 0 aromatic carbocycles. The molecular weight excluding hydrogens is 256 g/mol. The van der Waals surface area contributed by atoms with Crippen molar-refractivity contribution >= 4 is 17.2 Å². The molecule has 1 aliphatic rings. The molecule has 2 heterocycles. The lowest BCUT2D eigenvalue weighted by atomic mass is 10.1. The van der Waals surface area contributed by atoms with E-state index < -0.39 is 0 Å². The maximum absolute atomic E-state index is 12.1. The first-order valence-corrected chi connectivity index (χ1v) is 7.95. The molecule has 19 heavy (non-hydrogen) atoms. The van der Waals surface area contributed by atoms with Crippen molar-refractivity contribution in [2.24, 2.45) is 11.7 Å². The van der Waals surface area contributed by atoms with Crippen LogP contribution in [0.3, 0.4) is 0 Å². The molecule has 1 saturated heterocycles. The summed E-state index contributed by atoms with van der Waals surface area (Å²) in [5.41, 5.74) is 7.07. The quantitative estimate of drug-likeness (QED) is 0.900. The van der Waals surface area contributed by atoms with Crippen molar-refractivity contribution in [1.29, 1.82) is 0 Å². The van der Waals surface area contributed by atoms with E-state index in [1.165, 1.54) is 15.3 Å². The number of likely N-dealkylation sites (tertiary alicyclic amines) is 1. The van der Waals surface area contributed by atoms with Crippen molar-refractivity contribution < 1.29 is 4.79 Å². The summed E-state index contributed by atoms with van der Waals surface area (Å²) in [5, 5.41) is 0. The molecule has 1 fully saturated rings. The van der Waals surface area contributed by atoms with E-state index in [9.17, 15) is 4.79 Å². The third kappa shape index (κ3) is 3.80. The molecule has 1 aliphatic heterocycles. The van der Waals surface area contributed by atoms with Crippen molar-refractivity contribution in [2.45, 2.75) is 39.5 Å². The molecule has 2 rings (SSSR count). The maximum Gasteiger partial charge on any atom is 0.222 e. The summed E-state index contributed by atoms with van der Waals surface area (Å²) in [6.45, 7) is 6.78. The Hall–Kier alpha value is -0.870. The number of rotatable bonds is 5. The summed E-state index contributed by atoms with van der Waals surface area (Å²) in [5.74, 6) is 0.825. The lowest BCUT2D eigenvalue weighted by Gasteiger charge is -2.16. The monoisotopic (exact) mass is 280 g/mol. The van der Waals surface area contributed by atoms with E-state index in [2.05, 4.69) is 19.9 Å². The van der Waals surface area contributed by atoms with Crippen LogP contribution in [0.1, 0.15) is 34.6 Å². The molecule has 1 amide bonds. The fraction of sp³-hybridized carbons (Fsp3) is 0.667. The Balaban J connectivity index is 1.74. The molecule has 0 aliphatic carbocycles. The minimum absolute atomic E-state index is 0.306. The molecule has 0 bridgehead atoms. The van der Waals surface area contributed by atoms with Crippen LogP contribution in [0.25, 0.3) is 0 Å². The number of carbonyl (C=O) groups excluding carboxylic acids is 1. The lowest BCUT2D eigenvalue weighted by molar-refractivity contribution is -0.130. The summed E-state index contributed by atoms with van der Waals surface area (Å²) in [7, 11) is 0. The standard InChI is InChI=1S/C15H24N2OS/c1-11-8-14(12(2)19-11)4-3-5-15(18)17-7-6-13(9-16)10-17/h8,13H,3-7,9-10,16H2,1-2H3. The molecule has 1 unspecified atom stereocenters. The van der Waals surface area contributed by atoms with E-state index in [1.807, 2.05) is 16.2 Å². The second-order valence-electron chi connectivity index (χ2n) is 5.52. The summed E-state index contributed by atoms with van der Waals surface area (Å²) in [6.07, 6.45) is 3.73. The molecule has 1 aromatic rings. The number of hydrogen-bond donors (Lipinski definition) is 1. The van der Waals surface area contributed by atoms with Gasteiger partial charge in [0.2, 0.25) is 5.91 Å². The topological polar surface area (TPSA) is 46.3 Å². The zero-order valence-corrected chi connectivity index (χ0v) is 12.8. The molecule has 1 aromatic heterocycles. The Bertz CT molecular complexity index is 441. The second kappa shape index (κ2) is 6.53. The highest BCUT2D eigenvalue weighted by molar-refractivity contribution is 7.12. The van der Waals surface area contributed by atoms with Crippen LogP contribution in [-0.2, 0) is 11.2 Å². The van der Waals surface area contributed by atoms with Crippen LogP contribution in [0.2, 0.25) is 0 Å². The highest BCUT2D eigenvalue weighted by atomic mass is 32.1. The zero-order valence-electron chi connectivity index (χ0n) is 11.9. The van der Waals surface area contributed by atoms with Crippen LogP contribution in [-0.4, -0.2) is 30.4 Å². The predicted molar refractivity (Wildman–Crippen MR) is 80.5 cm³/mol. The van der Waals surface area contributed by atoms with E-state index in [1.54, 1.807) is 0 Å². The van der Waals surface area contributed by atoms with Gasteiger partial charge in [0.1, 0.15) is 0 Å². The van der Waals surface area contributed by atoms with E-state index in [0.717, 1.165) is 32.4 Å². The number of nitrogens with two attached hydrogens (primary N) is 1. The van der Waals surface area contributed by atoms with Gasteiger partial charge in [0, 0.05) is 29.3 Å². The van der Waals surface area contributed by atoms with Crippen LogP contribution in [0.15, 0.2) is 6.07 Å². The summed E-state index contributed by atoms with van der Waals surface area (Å²) >= 11 is 1.85. The van der Waals surface area contributed by atoms with Crippen molar-refractivity contribution in [2.75, 3.05) is 19.6 Å². The predicted octanol–water partition coefficient (Wildman–Crippen LogP) is 2.49. The summed E-state index contributed by atoms with van der Waals surface area (Å²) in [4.78, 5) is 16.8. The van der Waals surface area contributed by atoms with Gasteiger partial charge in [-0.2, -0.15) is 0 Å². The van der Waals surface area contributed by atoms with Crippen molar-refractivity contribution in [3.8, 4) is 0 Å². The zero-order chi connectivity index (χ0) is 13.8. The number of nitrogens with zero attached hydrogens (tertiary/aromatic N) is 1. The first-order valence-electron chi connectivity index (χ1n) is 7.14. The van der Waals surface area contributed by atoms with Gasteiger partial charge in [0.15, 0.2) is 0 Å². The number of hydrogen-bond acceptors (Lipinski definition) is 3. The van der Waals surface area contributed by atoms with Crippen molar-refractivity contribution in [1.82, 2.24) is 4.90 Å². The first-order chi connectivity index (χ1) is 9.10. The van der Waals surface area contributed by atoms with Crippen molar-refractivity contribution in [3.05, 3.63) is 21.4 Å². The molecule has 4 heteroatoms. The lowest BCUT2D eigenvalue weighted by Crippen LogP contribution is -2.29. The van der Waals surface area contributed by atoms with Gasteiger partial charge in [-0.05, 0) is 57.2 Å². The largest absolute Gasteiger partial charge is 0.342 e. The van der Waals surface area contributed by atoms with Gasteiger partial charge in [-0.3, -0.25) is 4.79 Å². The Morgan fingerprint density at radius 2 is 2.32 bits per heavy atom. The minimum Gasteiger partial charge on any atom is -0.342 e. The van der Waals surface area contributed by atoms with Gasteiger partial charge < -0.3 is 10.6 Å². The van der Waals surface area contributed by atoms with Gasteiger partial charge in [0.25, 0.3) is 0 Å². The smallest absolute Gasteiger partial charge is 0.222 e. The van der Waals surface area contributed by atoms with Crippen LogP contribution in [0, 0.1) is 19.8 Å². The average Bonchev–Trinajstić information content (AvgIpc) is 2.96. The second-order valence-corrected chi connectivity index (χ2v) is 6.98. The molecular formula is C15H24N2OS. The fourth-order valence-electron chi connectivity index (χ4n) is 2.77. The Kier molecular flexibility index (Phi) is 4.99. The van der Waals surface area contributed by atoms with Gasteiger partial charge in [0.05, 0.1) is 0 Å². The minimum atomic E-state index is 0.306. The Labute approximate surface area is 119 Å². The molecule has 0 radical (unpaired) electrons. The highest BCUT2D eigenvalue weighted by Gasteiger charge is 2.24. The van der Waals surface area contributed by atoms with Crippen LogP contribution in [0.5, 0.6) is 0 Å². The number of amides is 1. The highest BCUT2D eigenvalue weighted by Crippen LogP contribution is 2.22. The molecule has 106 valence electrons. The van der Waals surface area contributed by atoms with E-state index in [4.69, 9.17) is 5.73 Å². The van der Waals surface area contributed by atoms with Gasteiger partial charge in [-0.25, -0.2) is 0 Å². The van der Waals surface area contributed by atoms with Crippen molar-refractivity contribution in [3.63, 3.8) is 0 Å². The van der Waals surface area contributed by atoms with Gasteiger partial charge in [-0.1, -0.05) is 0 Å². The molecule has 0 saturated carbocycles. The van der Waals surface area contributed by atoms with E-state index in [-0.39, 0.29) is 0 Å². The third-order valence-electron chi connectivity index (χ3n) is 3.95. The SMILES string of the molecule is Cc1cc(CCCC(=O)N2CCC(CN)C2)c(C)s1. The first kappa shape index (κ1) is 14.5. The van der Waals surface area contributed by atoms with Crippen LogP contribution in [0.4, 0.5) is 0 Å². The fourth-order valence-corrected chi connectivity index (χ4v) is 3.75. The number of carbonyl (C=O) groups is 1. The number of aryl methyl sites for hydroxylation is 3. The maximum atomic E-state index is 12.1. The molecule has 1 atom stereocenters. The summed E-state index contributed by atoms with van der Waals surface area (Å²) in [6, 6.07) is 2.25. The normalized spacial score (nSPS) is 19.1. The van der Waals surface area contributed by atoms with Crippen LogP contribution < -0.4 is 5.73 Å². The molecule has 3 nitrogen and oxygen atoms in total.